The van der Waals surface area contributed by atoms with Gasteiger partial charge in [0.2, 0.25) is 5.91 Å². The van der Waals surface area contributed by atoms with E-state index in [0.717, 1.165) is 5.56 Å². The molecule has 0 spiro atoms. The van der Waals surface area contributed by atoms with Crippen molar-refractivity contribution in [3.8, 4) is 0 Å². The standard InChI is InChI=1S/C15H21NO3/c1-11(13-8-6-5-7-9-13)16-14(18)15(3,4)10-19-12(2)17/h5-9,11H,10H2,1-4H3,(H,16,18)/t11-/m0/s1. The van der Waals surface area contributed by atoms with E-state index in [1.807, 2.05) is 37.3 Å². The summed E-state index contributed by atoms with van der Waals surface area (Å²) >= 11 is 0. The normalized spacial score (nSPS) is 12.6. The van der Waals surface area contributed by atoms with Crippen LogP contribution in [0.25, 0.3) is 0 Å². The number of carbonyl (C=O) groups excluding carboxylic acids is 2. The van der Waals surface area contributed by atoms with Crippen LogP contribution in [0.3, 0.4) is 0 Å². The number of carbonyl (C=O) groups is 2. The Morgan fingerprint density at radius 2 is 1.84 bits per heavy atom. The molecule has 1 aromatic carbocycles. The Morgan fingerprint density at radius 3 is 2.37 bits per heavy atom. The zero-order valence-corrected chi connectivity index (χ0v) is 11.9. The maximum atomic E-state index is 12.2. The lowest BCUT2D eigenvalue weighted by Crippen LogP contribution is -2.41. The molecule has 0 saturated heterocycles. The van der Waals surface area contributed by atoms with Crippen molar-refractivity contribution < 1.29 is 14.3 Å². The highest BCUT2D eigenvalue weighted by atomic mass is 16.5. The summed E-state index contributed by atoms with van der Waals surface area (Å²) < 4.78 is 4.92. The molecule has 1 aromatic rings. The maximum absolute atomic E-state index is 12.2. The molecule has 1 rings (SSSR count). The first-order valence-corrected chi connectivity index (χ1v) is 6.32. The topological polar surface area (TPSA) is 55.4 Å². The van der Waals surface area contributed by atoms with Crippen molar-refractivity contribution in [1.29, 1.82) is 0 Å². The second-order valence-corrected chi connectivity index (χ2v) is 5.27. The zero-order valence-electron chi connectivity index (χ0n) is 11.9. The molecule has 0 unspecified atom stereocenters. The summed E-state index contributed by atoms with van der Waals surface area (Å²) in [5, 5.41) is 2.93. The van der Waals surface area contributed by atoms with Gasteiger partial charge in [0.25, 0.3) is 0 Å². The highest BCUT2D eigenvalue weighted by Gasteiger charge is 2.30. The molecular weight excluding hydrogens is 242 g/mol. The van der Waals surface area contributed by atoms with Crippen molar-refractivity contribution in [1.82, 2.24) is 5.32 Å². The minimum atomic E-state index is -0.741. The molecule has 0 fully saturated rings. The molecule has 0 radical (unpaired) electrons. The maximum Gasteiger partial charge on any atom is 0.302 e. The van der Waals surface area contributed by atoms with Gasteiger partial charge < -0.3 is 10.1 Å². The van der Waals surface area contributed by atoms with Crippen molar-refractivity contribution in [3.05, 3.63) is 35.9 Å². The third-order valence-electron chi connectivity index (χ3n) is 2.90. The summed E-state index contributed by atoms with van der Waals surface area (Å²) in [5.74, 6) is -0.512. The Kier molecular flexibility index (Phi) is 5.10. The monoisotopic (exact) mass is 263 g/mol. The average molecular weight is 263 g/mol. The number of ether oxygens (including phenoxy) is 1. The van der Waals surface area contributed by atoms with Gasteiger partial charge in [-0.3, -0.25) is 9.59 Å². The summed E-state index contributed by atoms with van der Waals surface area (Å²) in [7, 11) is 0. The second kappa shape index (κ2) is 6.36. The van der Waals surface area contributed by atoms with Crippen LogP contribution in [0.2, 0.25) is 0 Å². The fourth-order valence-electron chi connectivity index (χ4n) is 1.56. The van der Waals surface area contributed by atoms with Gasteiger partial charge in [-0.05, 0) is 26.3 Å². The Hall–Kier alpha value is -1.84. The Balaban J connectivity index is 2.61. The van der Waals surface area contributed by atoms with Crippen LogP contribution in [-0.2, 0) is 14.3 Å². The van der Waals surface area contributed by atoms with Gasteiger partial charge in [-0.15, -0.1) is 0 Å². The van der Waals surface area contributed by atoms with Gasteiger partial charge in [0.15, 0.2) is 0 Å². The minimum absolute atomic E-state index is 0.0784. The zero-order chi connectivity index (χ0) is 14.5. The summed E-state index contributed by atoms with van der Waals surface area (Å²) in [6.07, 6.45) is 0. The minimum Gasteiger partial charge on any atom is -0.465 e. The van der Waals surface area contributed by atoms with E-state index in [2.05, 4.69) is 5.32 Å². The summed E-state index contributed by atoms with van der Waals surface area (Å²) in [5.41, 5.74) is 0.300. The van der Waals surface area contributed by atoms with Crippen LogP contribution < -0.4 is 5.32 Å². The molecule has 19 heavy (non-hydrogen) atoms. The Labute approximate surface area is 114 Å². The highest BCUT2D eigenvalue weighted by Crippen LogP contribution is 2.19. The molecular formula is C15H21NO3. The molecule has 1 amide bonds. The number of benzene rings is 1. The van der Waals surface area contributed by atoms with Crippen LogP contribution in [0.1, 0.15) is 39.3 Å². The fraction of sp³-hybridized carbons (Fsp3) is 0.467. The Morgan fingerprint density at radius 1 is 1.26 bits per heavy atom. The third kappa shape index (κ3) is 4.73. The number of hydrogen-bond donors (Lipinski definition) is 1. The number of hydrogen-bond acceptors (Lipinski definition) is 3. The van der Waals surface area contributed by atoms with Crippen molar-refractivity contribution in [2.75, 3.05) is 6.61 Å². The van der Waals surface area contributed by atoms with E-state index in [0.29, 0.717) is 0 Å². The van der Waals surface area contributed by atoms with Gasteiger partial charge in [-0.1, -0.05) is 30.3 Å². The molecule has 1 N–H and O–H groups in total. The first-order valence-electron chi connectivity index (χ1n) is 6.32. The van der Waals surface area contributed by atoms with E-state index in [1.165, 1.54) is 6.92 Å². The Bertz CT molecular complexity index is 440. The predicted octanol–water partition coefficient (Wildman–Crippen LogP) is 2.45. The van der Waals surface area contributed by atoms with Crippen LogP contribution in [0, 0.1) is 5.41 Å². The second-order valence-electron chi connectivity index (χ2n) is 5.27. The SMILES string of the molecule is CC(=O)OCC(C)(C)C(=O)N[C@@H](C)c1ccccc1. The van der Waals surface area contributed by atoms with Crippen molar-refractivity contribution >= 4 is 11.9 Å². The summed E-state index contributed by atoms with van der Waals surface area (Å²) in [4.78, 5) is 23.0. The van der Waals surface area contributed by atoms with E-state index in [1.54, 1.807) is 13.8 Å². The number of amides is 1. The first-order chi connectivity index (χ1) is 8.83. The number of esters is 1. The lowest BCUT2D eigenvalue weighted by molar-refractivity contribution is -0.147. The molecule has 0 aliphatic heterocycles. The van der Waals surface area contributed by atoms with Crippen LogP contribution in [0.4, 0.5) is 0 Å². The van der Waals surface area contributed by atoms with Gasteiger partial charge in [-0.2, -0.15) is 0 Å². The molecule has 0 aliphatic carbocycles. The average Bonchev–Trinajstić information content (AvgIpc) is 2.37. The number of nitrogens with one attached hydrogen (secondary N) is 1. The van der Waals surface area contributed by atoms with Crippen molar-refractivity contribution in [2.24, 2.45) is 5.41 Å². The van der Waals surface area contributed by atoms with E-state index >= 15 is 0 Å². The largest absolute Gasteiger partial charge is 0.465 e. The van der Waals surface area contributed by atoms with Crippen LogP contribution in [0.5, 0.6) is 0 Å². The molecule has 0 aliphatic rings. The van der Waals surface area contributed by atoms with E-state index < -0.39 is 5.41 Å². The van der Waals surface area contributed by atoms with E-state index in [-0.39, 0.29) is 24.5 Å². The van der Waals surface area contributed by atoms with Crippen LogP contribution >= 0.6 is 0 Å². The highest BCUT2D eigenvalue weighted by molar-refractivity contribution is 5.82. The quantitative estimate of drug-likeness (QED) is 0.830. The molecule has 0 heterocycles. The van der Waals surface area contributed by atoms with Crippen molar-refractivity contribution in [3.63, 3.8) is 0 Å². The van der Waals surface area contributed by atoms with Crippen molar-refractivity contribution in [2.45, 2.75) is 33.7 Å². The van der Waals surface area contributed by atoms with E-state index in [4.69, 9.17) is 4.74 Å². The van der Waals surface area contributed by atoms with Gasteiger partial charge in [0.1, 0.15) is 6.61 Å². The molecule has 104 valence electrons. The molecule has 4 heteroatoms. The number of rotatable bonds is 5. The van der Waals surface area contributed by atoms with Gasteiger partial charge in [-0.25, -0.2) is 0 Å². The molecule has 0 aromatic heterocycles. The third-order valence-corrected chi connectivity index (χ3v) is 2.90. The molecule has 4 nitrogen and oxygen atoms in total. The van der Waals surface area contributed by atoms with E-state index in [9.17, 15) is 9.59 Å². The van der Waals surface area contributed by atoms with Crippen LogP contribution in [-0.4, -0.2) is 18.5 Å². The van der Waals surface area contributed by atoms with Gasteiger partial charge in [0.05, 0.1) is 11.5 Å². The predicted molar refractivity (Wildman–Crippen MR) is 73.4 cm³/mol. The first kappa shape index (κ1) is 15.2. The van der Waals surface area contributed by atoms with Gasteiger partial charge in [0, 0.05) is 6.92 Å². The van der Waals surface area contributed by atoms with Crippen LogP contribution in [0.15, 0.2) is 30.3 Å². The molecule has 0 saturated carbocycles. The lowest BCUT2D eigenvalue weighted by Gasteiger charge is -2.25. The summed E-state index contributed by atoms with van der Waals surface area (Å²) in [6.45, 7) is 6.84. The lowest BCUT2D eigenvalue weighted by atomic mass is 9.92. The molecule has 1 atom stereocenters. The van der Waals surface area contributed by atoms with Gasteiger partial charge >= 0.3 is 5.97 Å². The fourth-order valence-corrected chi connectivity index (χ4v) is 1.56. The smallest absolute Gasteiger partial charge is 0.302 e. The molecule has 0 bridgehead atoms. The summed E-state index contributed by atoms with van der Waals surface area (Å²) in [6, 6.07) is 9.64.